The van der Waals surface area contributed by atoms with E-state index in [1.165, 1.54) is 0 Å². The van der Waals surface area contributed by atoms with Gasteiger partial charge < -0.3 is 15.3 Å². The maximum Gasteiger partial charge on any atom is 0.321 e. The molecule has 0 aliphatic carbocycles. The van der Waals surface area contributed by atoms with E-state index in [9.17, 15) is 14.7 Å². The first-order valence-corrected chi connectivity index (χ1v) is 7.92. The van der Waals surface area contributed by atoms with E-state index in [4.69, 9.17) is 0 Å². The second-order valence-electron chi connectivity index (χ2n) is 5.58. The monoisotopic (exact) mass is 320 g/mol. The molecule has 1 fully saturated rings. The summed E-state index contributed by atoms with van der Waals surface area (Å²) in [6, 6.07) is 6.68. The predicted molar refractivity (Wildman–Crippen MR) is 88.6 cm³/mol. The molecule has 1 aromatic rings. The average Bonchev–Trinajstić information content (AvgIpc) is 2.54. The second-order valence-corrected chi connectivity index (χ2v) is 5.58. The first-order chi connectivity index (χ1) is 11.1. The van der Waals surface area contributed by atoms with Gasteiger partial charge in [-0.25, -0.2) is 4.79 Å². The molecule has 1 saturated heterocycles. The number of carbonyl (C=O) groups is 2. The summed E-state index contributed by atoms with van der Waals surface area (Å²) >= 11 is 0. The van der Waals surface area contributed by atoms with Crippen LogP contribution in [0.3, 0.4) is 0 Å². The first-order valence-electron chi connectivity index (χ1n) is 7.92. The Balaban J connectivity index is 1.73. The van der Waals surface area contributed by atoms with Gasteiger partial charge >= 0.3 is 6.03 Å². The van der Waals surface area contributed by atoms with Gasteiger partial charge in [0.25, 0.3) is 0 Å². The number of rotatable bonds is 5. The number of nitrogens with one attached hydrogen (secondary N) is 2. The largest absolute Gasteiger partial charge is 0.508 e. The number of urea groups is 1. The van der Waals surface area contributed by atoms with Crippen LogP contribution in [-0.2, 0) is 4.79 Å². The fraction of sp³-hybridized carbons (Fsp3) is 0.500. The highest BCUT2D eigenvalue weighted by Gasteiger charge is 2.19. The molecule has 1 heterocycles. The minimum absolute atomic E-state index is 0.225. The summed E-state index contributed by atoms with van der Waals surface area (Å²) in [5, 5.41) is 14.3. The number of amides is 3. The Morgan fingerprint density at radius 2 is 1.78 bits per heavy atom. The minimum Gasteiger partial charge on any atom is -0.508 e. The summed E-state index contributed by atoms with van der Waals surface area (Å²) < 4.78 is 0. The lowest BCUT2D eigenvalue weighted by atomic mass is 10.2. The third-order valence-electron chi connectivity index (χ3n) is 3.74. The van der Waals surface area contributed by atoms with Crippen LogP contribution >= 0.6 is 0 Å². The maximum atomic E-state index is 11.8. The van der Waals surface area contributed by atoms with Gasteiger partial charge in [0.1, 0.15) is 5.75 Å². The van der Waals surface area contributed by atoms with E-state index in [0.29, 0.717) is 6.54 Å². The molecule has 7 nitrogen and oxygen atoms in total. The van der Waals surface area contributed by atoms with E-state index in [0.717, 1.165) is 38.3 Å². The summed E-state index contributed by atoms with van der Waals surface area (Å²) in [4.78, 5) is 27.5. The molecule has 23 heavy (non-hydrogen) atoms. The van der Waals surface area contributed by atoms with E-state index in [2.05, 4.69) is 15.5 Å². The molecule has 7 heteroatoms. The van der Waals surface area contributed by atoms with Crippen LogP contribution < -0.4 is 15.5 Å². The lowest BCUT2D eigenvalue weighted by molar-refractivity contribution is -0.121. The highest BCUT2D eigenvalue weighted by Crippen LogP contribution is 2.19. The number of imide groups is 1. The van der Waals surface area contributed by atoms with Crippen molar-refractivity contribution in [3.63, 3.8) is 0 Å². The Labute approximate surface area is 136 Å². The van der Waals surface area contributed by atoms with Crippen molar-refractivity contribution >= 4 is 17.6 Å². The van der Waals surface area contributed by atoms with Crippen LogP contribution in [0.1, 0.15) is 13.3 Å². The molecule has 1 aliphatic heterocycles. The lowest BCUT2D eigenvalue weighted by Gasteiger charge is -2.35. The number of benzene rings is 1. The molecule has 3 N–H and O–H groups in total. The molecule has 0 unspecified atom stereocenters. The van der Waals surface area contributed by atoms with E-state index in [1.807, 2.05) is 24.0 Å². The molecule has 3 amide bonds. The number of piperazine rings is 1. The number of aromatic hydroxyl groups is 1. The van der Waals surface area contributed by atoms with E-state index < -0.39 is 6.03 Å². The van der Waals surface area contributed by atoms with Crippen LogP contribution in [0.4, 0.5) is 10.5 Å². The third kappa shape index (κ3) is 5.45. The number of hydrogen-bond donors (Lipinski definition) is 3. The zero-order valence-corrected chi connectivity index (χ0v) is 13.4. The zero-order valence-electron chi connectivity index (χ0n) is 13.4. The fourth-order valence-corrected chi connectivity index (χ4v) is 2.48. The van der Waals surface area contributed by atoms with Crippen molar-refractivity contribution in [3.05, 3.63) is 24.3 Å². The number of phenols is 1. The molecule has 0 aromatic heterocycles. The van der Waals surface area contributed by atoms with Gasteiger partial charge in [-0.2, -0.15) is 0 Å². The zero-order chi connectivity index (χ0) is 16.7. The SMILES string of the molecule is CCCNC(=O)NC(=O)CN1CCN(c2ccc(O)cc2)CC1. The van der Waals surface area contributed by atoms with Crippen molar-refractivity contribution < 1.29 is 14.7 Å². The van der Waals surface area contributed by atoms with Crippen LogP contribution in [-0.4, -0.2) is 61.2 Å². The van der Waals surface area contributed by atoms with Crippen LogP contribution in [0.5, 0.6) is 5.75 Å². The van der Waals surface area contributed by atoms with Crippen LogP contribution in [0.25, 0.3) is 0 Å². The summed E-state index contributed by atoms with van der Waals surface area (Å²) in [5.74, 6) is -0.0258. The molecule has 0 saturated carbocycles. The van der Waals surface area contributed by atoms with Crippen molar-refractivity contribution in [1.29, 1.82) is 0 Å². The number of anilines is 1. The second kappa shape index (κ2) is 8.38. The smallest absolute Gasteiger partial charge is 0.321 e. The molecular formula is C16H24N4O3. The quantitative estimate of drug-likeness (QED) is 0.745. The van der Waals surface area contributed by atoms with E-state index in [1.54, 1.807) is 12.1 Å². The van der Waals surface area contributed by atoms with Crippen LogP contribution in [0.2, 0.25) is 0 Å². The van der Waals surface area contributed by atoms with Gasteiger partial charge in [-0.3, -0.25) is 15.0 Å². The van der Waals surface area contributed by atoms with Gasteiger partial charge in [-0.15, -0.1) is 0 Å². The fourth-order valence-electron chi connectivity index (χ4n) is 2.48. The summed E-state index contributed by atoms with van der Waals surface area (Å²) in [5.41, 5.74) is 1.06. The molecule has 0 atom stereocenters. The van der Waals surface area contributed by atoms with E-state index >= 15 is 0 Å². The highest BCUT2D eigenvalue weighted by atomic mass is 16.3. The summed E-state index contributed by atoms with van der Waals surface area (Å²) in [7, 11) is 0. The average molecular weight is 320 g/mol. The Hall–Kier alpha value is -2.28. The summed E-state index contributed by atoms with van der Waals surface area (Å²) in [6.45, 7) is 5.86. The van der Waals surface area contributed by atoms with Gasteiger partial charge in [0.2, 0.25) is 5.91 Å². The Kier molecular flexibility index (Phi) is 6.22. The van der Waals surface area contributed by atoms with Crippen LogP contribution in [0.15, 0.2) is 24.3 Å². The topological polar surface area (TPSA) is 84.9 Å². The molecule has 126 valence electrons. The molecule has 0 radical (unpaired) electrons. The Morgan fingerprint density at radius 1 is 1.13 bits per heavy atom. The molecule has 2 rings (SSSR count). The Bertz CT molecular complexity index is 525. The van der Waals surface area contributed by atoms with Gasteiger partial charge in [0, 0.05) is 38.4 Å². The number of carbonyl (C=O) groups excluding carboxylic acids is 2. The maximum absolute atomic E-state index is 11.8. The Morgan fingerprint density at radius 3 is 2.39 bits per heavy atom. The van der Waals surface area contributed by atoms with Crippen molar-refractivity contribution in [1.82, 2.24) is 15.5 Å². The predicted octanol–water partition coefficient (Wildman–Crippen LogP) is 0.750. The van der Waals surface area contributed by atoms with Crippen molar-refractivity contribution in [3.8, 4) is 5.75 Å². The van der Waals surface area contributed by atoms with Crippen molar-refractivity contribution in [2.45, 2.75) is 13.3 Å². The first kappa shape index (κ1) is 17.1. The van der Waals surface area contributed by atoms with Gasteiger partial charge in [-0.1, -0.05) is 6.92 Å². The highest BCUT2D eigenvalue weighted by molar-refractivity contribution is 5.95. The standard InChI is InChI=1S/C16H24N4O3/c1-2-7-17-16(23)18-15(22)12-19-8-10-20(11-9-19)13-3-5-14(21)6-4-13/h3-6,21H,2,7-12H2,1H3,(H2,17,18,22,23). The van der Waals surface area contributed by atoms with Crippen LogP contribution in [0, 0.1) is 0 Å². The third-order valence-corrected chi connectivity index (χ3v) is 3.74. The number of phenolic OH excluding ortho intramolecular Hbond substituents is 1. The van der Waals surface area contributed by atoms with Crippen molar-refractivity contribution in [2.24, 2.45) is 0 Å². The number of nitrogens with zero attached hydrogens (tertiary/aromatic N) is 2. The summed E-state index contributed by atoms with van der Waals surface area (Å²) in [6.07, 6.45) is 0.834. The molecular weight excluding hydrogens is 296 g/mol. The molecule has 1 aliphatic rings. The van der Waals surface area contributed by atoms with Gasteiger partial charge in [0.15, 0.2) is 0 Å². The molecule has 1 aromatic carbocycles. The lowest BCUT2D eigenvalue weighted by Crippen LogP contribution is -2.51. The van der Waals surface area contributed by atoms with Gasteiger partial charge in [0.05, 0.1) is 6.54 Å². The number of hydrogen-bond acceptors (Lipinski definition) is 5. The normalized spacial score (nSPS) is 15.3. The van der Waals surface area contributed by atoms with Crippen molar-refractivity contribution in [2.75, 3.05) is 44.2 Å². The molecule has 0 bridgehead atoms. The van der Waals surface area contributed by atoms with E-state index in [-0.39, 0.29) is 18.2 Å². The van der Waals surface area contributed by atoms with Gasteiger partial charge in [-0.05, 0) is 30.7 Å². The molecule has 0 spiro atoms. The minimum atomic E-state index is -0.431.